The van der Waals surface area contributed by atoms with Crippen LogP contribution in [0.5, 0.6) is 11.5 Å². The van der Waals surface area contributed by atoms with E-state index in [0.29, 0.717) is 47.3 Å². The second-order valence-corrected chi connectivity index (χ2v) is 9.56. The van der Waals surface area contributed by atoms with Crippen molar-refractivity contribution in [1.29, 1.82) is 5.41 Å². The summed E-state index contributed by atoms with van der Waals surface area (Å²) >= 11 is 4.98. The minimum absolute atomic E-state index is 0.0168. The lowest BCUT2D eigenvalue weighted by Gasteiger charge is -2.33. The smallest absolute Gasteiger partial charge is 0.407 e. The molecule has 1 amide bonds. The summed E-state index contributed by atoms with van der Waals surface area (Å²) < 4.78 is 13.6. The summed E-state index contributed by atoms with van der Waals surface area (Å²) in [4.78, 5) is 26.1. The Morgan fingerprint density at radius 1 is 1.34 bits per heavy atom. The summed E-state index contributed by atoms with van der Waals surface area (Å²) in [7, 11) is 0. The zero-order valence-corrected chi connectivity index (χ0v) is 19.4. The van der Waals surface area contributed by atoms with Gasteiger partial charge in [0, 0.05) is 28.5 Å². The fourth-order valence-corrected chi connectivity index (χ4v) is 5.48. The third-order valence-corrected chi connectivity index (χ3v) is 7.57. The van der Waals surface area contributed by atoms with Crippen molar-refractivity contribution in [3.05, 3.63) is 28.4 Å². The Morgan fingerprint density at radius 2 is 2.16 bits per heavy atom. The van der Waals surface area contributed by atoms with E-state index in [-0.39, 0.29) is 18.3 Å². The maximum absolute atomic E-state index is 11.5. The van der Waals surface area contributed by atoms with Crippen molar-refractivity contribution >= 4 is 44.9 Å². The average molecular weight is 521 g/mol. The average Bonchev–Trinajstić information content (AvgIpc) is 3.41. The molecule has 0 unspecified atom stereocenters. The second-order valence-electron chi connectivity index (χ2n) is 7.68. The quantitative estimate of drug-likeness (QED) is 0.466. The molecule has 12 heteroatoms. The molecule has 10 nitrogen and oxygen atoms in total. The van der Waals surface area contributed by atoms with Gasteiger partial charge < -0.3 is 29.0 Å². The van der Waals surface area contributed by atoms with E-state index in [1.807, 2.05) is 16.7 Å². The molecular formula is C20H21BrN6O4S. The number of carboxylic acid groups (broad SMARTS) is 1. The number of piperidine rings is 1. The number of nitrogens with zero attached hydrogens (tertiary/aromatic N) is 4. The van der Waals surface area contributed by atoms with Crippen LogP contribution in [0.3, 0.4) is 0 Å². The molecule has 0 radical (unpaired) electrons. The number of aromatic amines is 1. The third-order valence-electron chi connectivity index (χ3n) is 5.71. The lowest BCUT2D eigenvalue weighted by molar-refractivity contribution is 0.102. The van der Waals surface area contributed by atoms with Gasteiger partial charge in [-0.2, -0.15) is 0 Å². The Balaban J connectivity index is 1.39. The first kappa shape index (κ1) is 21.1. The van der Waals surface area contributed by atoms with Gasteiger partial charge in [-0.3, -0.25) is 5.41 Å². The van der Waals surface area contributed by atoms with E-state index in [2.05, 4.69) is 25.9 Å². The Labute approximate surface area is 195 Å². The van der Waals surface area contributed by atoms with Crippen molar-refractivity contribution in [2.45, 2.75) is 48.3 Å². The monoisotopic (exact) mass is 520 g/mol. The molecule has 0 aliphatic carbocycles. The van der Waals surface area contributed by atoms with E-state index in [9.17, 15) is 9.90 Å². The van der Waals surface area contributed by atoms with Crippen LogP contribution in [-0.4, -0.2) is 55.0 Å². The summed E-state index contributed by atoms with van der Waals surface area (Å²) in [5, 5.41) is 18.3. The van der Waals surface area contributed by atoms with Crippen LogP contribution in [0.1, 0.15) is 25.7 Å². The number of nitrogens with one attached hydrogen (secondary N) is 2. The van der Waals surface area contributed by atoms with Gasteiger partial charge in [-0.25, -0.2) is 14.8 Å². The lowest BCUT2D eigenvalue weighted by atomic mass is 10.00. The van der Waals surface area contributed by atoms with Crippen molar-refractivity contribution in [2.75, 3.05) is 13.3 Å². The molecule has 1 atom stereocenters. The van der Waals surface area contributed by atoms with Gasteiger partial charge in [0.1, 0.15) is 5.52 Å². The number of carbonyl (C=O) groups is 1. The highest BCUT2D eigenvalue weighted by Crippen LogP contribution is 2.42. The molecule has 2 aliphatic rings. The summed E-state index contributed by atoms with van der Waals surface area (Å²) in [6, 6.07) is 3.74. The topological polar surface area (TPSA) is 129 Å². The van der Waals surface area contributed by atoms with Crippen LogP contribution >= 0.6 is 27.7 Å². The van der Waals surface area contributed by atoms with Crippen molar-refractivity contribution < 1.29 is 19.4 Å². The van der Waals surface area contributed by atoms with Crippen molar-refractivity contribution in [1.82, 2.24) is 24.4 Å². The summed E-state index contributed by atoms with van der Waals surface area (Å²) in [5.41, 5.74) is 1.29. The molecule has 2 aliphatic heterocycles. The molecule has 3 N–H and O–H groups in total. The summed E-state index contributed by atoms with van der Waals surface area (Å²) in [6.07, 6.45) is 4.21. The molecule has 1 fully saturated rings. The highest BCUT2D eigenvalue weighted by molar-refractivity contribution is 9.10. The predicted octanol–water partition coefficient (Wildman–Crippen LogP) is 3.80. The van der Waals surface area contributed by atoms with Crippen LogP contribution in [0.25, 0.3) is 11.2 Å². The molecule has 32 heavy (non-hydrogen) atoms. The van der Waals surface area contributed by atoms with Gasteiger partial charge >= 0.3 is 6.09 Å². The number of amides is 1. The maximum Gasteiger partial charge on any atom is 0.407 e. The molecule has 4 heterocycles. The van der Waals surface area contributed by atoms with E-state index in [1.165, 1.54) is 16.7 Å². The number of likely N-dealkylation sites (tertiary alicyclic amines) is 1. The highest BCUT2D eigenvalue weighted by Gasteiger charge is 2.26. The summed E-state index contributed by atoms with van der Waals surface area (Å²) in [5.74, 6) is 1.37. The van der Waals surface area contributed by atoms with Gasteiger partial charge in [-0.15, -0.1) is 0 Å². The Hall–Kier alpha value is -2.73. The van der Waals surface area contributed by atoms with E-state index in [0.717, 1.165) is 28.6 Å². The van der Waals surface area contributed by atoms with E-state index in [4.69, 9.17) is 19.9 Å². The number of imidazole rings is 1. The Bertz CT molecular complexity index is 1240. The number of hydrogen-bond donors (Lipinski definition) is 3. The van der Waals surface area contributed by atoms with Crippen LogP contribution in [0.15, 0.2) is 33.0 Å². The molecule has 0 spiro atoms. The first-order valence-electron chi connectivity index (χ1n) is 10.3. The van der Waals surface area contributed by atoms with Crippen LogP contribution in [0.2, 0.25) is 0 Å². The number of benzene rings is 1. The minimum atomic E-state index is -0.864. The largest absolute Gasteiger partial charge is 0.465 e. The Morgan fingerprint density at radius 3 is 2.97 bits per heavy atom. The van der Waals surface area contributed by atoms with Gasteiger partial charge in [-0.1, -0.05) is 11.8 Å². The highest BCUT2D eigenvalue weighted by atomic mass is 79.9. The van der Waals surface area contributed by atoms with Crippen molar-refractivity contribution in [3.63, 3.8) is 0 Å². The molecule has 1 saturated heterocycles. The fourth-order valence-electron chi connectivity index (χ4n) is 4.10. The number of fused-ring (bicyclic) bond motifs is 2. The molecule has 5 rings (SSSR count). The normalized spacial score (nSPS) is 17.8. The van der Waals surface area contributed by atoms with Crippen LogP contribution in [0, 0.1) is 5.41 Å². The summed E-state index contributed by atoms with van der Waals surface area (Å²) in [6.45, 7) is 1.35. The van der Waals surface area contributed by atoms with Gasteiger partial charge in [0.05, 0.1) is 6.33 Å². The predicted molar refractivity (Wildman–Crippen MR) is 119 cm³/mol. The minimum Gasteiger partial charge on any atom is -0.465 e. The molecular weight excluding hydrogens is 500 g/mol. The first-order valence-corrected chi connectivity index (χ1v) is 11.9. The van der Waals surface area contributed by atoms with Crippen molar-refractivity contribution in [2.24, 2.45) is 0 Å². The molecule has 0 saturated carbocycles. The number of aryl methyl sites for hydroxylation is 1. The zero-order valence-electron chi connectivity index (χ0n) is 17.0. The lowest BCUT2D eigenvalue weighted by Crippen LogP contribution is -2.43. The molecule has 3 aromatic rings. The van der Waals surface area contributed by atoms with E-state index >= 15 is 0 Å². The number of ether oxygens (including phenoxy) is 2. The van der Waals surface area contributed by atoms with Crippen molar-refractivity contribution in [3.8, 4) is 11.5 Å². The van der Waals surface area contributed by atoms with Crippen LogP contribution < -0.4 is 15.0 Å². The fraction of sp³-hybridized carbons (Fsp3) is 0.400. The molecule has 2 aromatic heterocycles. The maximum atomic E-state index is 11.5. The third kappa shape index (κ3) is 4.04. The molecule has 0 bridgehead atoms. The van der Waals surface area contributed by atoms with E-state index in [1.54, 1.807) is 6.33 Å². The van der Waals surface area contributed by atoms with Gasteiger partial charge in [0.15, 0.2) is 27.8 Å². The van der Waals surface area contributed by atoms with Gasteiger partial charge in [0.2, 0.25) is 6.79 Å². The number of aromatic nitrogens is 4. The second kappa shape index (κ2) is 8.66. The van der Waals surface area contributed by atoms with Crippen LogP contribution in [-0.2, 0) is 6.54 Å². The van der Waals surface area contributed by atoms with Gasteiger partial charge in [-0.05, 0) is 53.7 Å². The molecule has 1 aromatic carbocycles. The number of hydrogen-bond acceptors (Lipinski definition) is 7. The van der Waals surface area contributed by atoms with Gasteiger partial charge in [0.25, 0.3) is 0 Å². The first-order chi connectivity index (χ1) is 15.5. The number of H-pyrrole nitrogens is 1. The van der Waals surface area contributed by atoms with E-state index < -0.39 is 6.09 Å². The molecule has 168 valence electrons. The Kier molecular flexibility index (Phi) is 5.72. The zero-order chi connectivity index (χ0) is 22.2. The number of halogens is 1. The van der Waals surface area contributed by atoms with Crippen LogP contribution in [0.4, 0.5) is 4.79 Å². The standard InChI is InChI=1S/C20H21BrN6O4S/c21-12-7-13-14(31-10-30-13)8-15(12)32-19-24-16-17(22)23-9-26(18(16)25-19)6-4-11-3-1-2-5-27(11)20(28)29/h7-9,11,22H,1-6,10H2,(H,24,25)(H,28,29)/t11-/m1/s1. The SMILES string of the molecule is N=c1ncn(CC[C@H]2CCCCN2C(=O)O)c2nc(Sc3cc4c(cc3Br)OCO4)[nH]c12. The number of rotatable bonds is 5.